The summed E-state index contributed by atoms with van der Waals surface area (Å²) in [5.41, 5.74) is 4.63. The molecule has 2 aromatic heterocycles. The summed E-state index contributed by atoms with van der Waals surface area (Å²) in [5.74, 6) is 6.05. The smallest absolute Gasteiger partial charge is 0.406 e. The quantitative estimate of drug-likeness (QED) is 0.0373. The van der Waals surface area contributed by atoms with Crippen LogP contribution in [-0.4, -0.2) is 161 Å². The number of rotatable bonds is 23. The largest absolute Gasteiger partial charge is 0.495 e. The number of amides is 2. The number of hydrogen-bond donors (Lipinski definition) is 5. The van der Waals surface area contributed by atoms with Crippen LogP contribution in [-0.2, 0) is 27.8 Å². The van der Waals surface area contributed by atoms with Gasteiger partial charge in [-0.05, 0) is 128 Å². The summed E-state index contributed by atoms with van der Waals surface area (Å²) in [5, 5.41) is 20.7. The monoisotopic (exact) mass is 1090 g/mol. The Kier molecular flexibility index (Phi) is 20.2. The molecule has 0 aliphatic carbocycles. The Labute approximate surface area is 437 Å². The highest BCUT2D eigenvalue weighted by Crippen LogP contribution is 2.33. The summed E-state index contributed by atoms with van der Waals surface area (Å²) in [6, 6.07) is 20.0. The average molecular weight is 1090 g/mol. The number of aromatic nitrogens is 3. The molecule has 2 aliphatic heterocycles. The first-order chi connectivity index (χ1) is 35.6. The second-order valence-corrected chi connectivity index (χ2v) is 19.3. The number of carbonyl (C=O) groups is 2. The van der Waals surface area contributed by atoms with Gasteiger partial charge >= 0.3 is 6.18 Å². The maximum Gasteiger partial charge on any atom is 0.406 e. The molecule has 398 valence electrons. The fraction of sp³-hybridized carbons (Fsp3) is 0.472. The summed E-state index contributed by atoms with van der Waals surface area (Å²) in [4.78, 5) is 42.6. The lowest BCUT2D eigenvalue weighted by molar-refractivity contribution is -0.140. The van der Waals surface area contributed by atoms with Crippen molar-refractivity contribution in [3.8, 4) is 17.6 Å². The zero-order chi connectivity index (χ0) is 52.6. The molecule has 2 fully saturated rings. The Morgan fingerprint density at radius 3 is 2.11 bits per heavy atom. The minimum atomic E-state index is -4.44. The number of carbonyl (C=O) groups excluding carboxylic acids is 2. The third-order valence-electron chi connectivity index (χ3n) is 12.9. The normalized spacial score (nSPS) is 16.6. The SMILES string of the molecule is COc1cc(C(=O)NCCOCCOCCOCCNC(=O)c2ccc([C@H]3C[C@@H](Nc4cnn(C)c(=O)c4Br)CN(C)C3)cc2)ccc1NCC#Cc1cc2c(NC3CCN(C)CC3)cccc2n1CC(F)(F)F. The number of anilines is 3. The van der Waals surface area contributed by atoms with Crippen LogP contribution >= 0.6 is 15.9 Å². The van der Waals surface area contributed by atoms with Crippen LogP contribution in [0.15, 0.2) is 82.2 Å². The van der Waals surface area contributed by atoms with E-state index in [2.05, 4.69) is 83.3 Å². The molecule has 0 saturated carbocycles. The summed E-state index contributed by atoms with van der Waals surface area (Å²) in [6.07, 6.45) is -0.0251. The van der Waals surface area contributed by atoms with Crippen molar-refractivity contribution in [3.05, 3.63) is 110 Å². The third kappa shape index (κ3) is 15.9. The number of likely N-dealkylation sites (tertiary alicyclic amines) is 2. The number of aryl methyl sites for hydroxylation is 1. The van der Waals surface area contributed by atoms with Crippen LogP contribution in [0.3, 0.4) is 0 Å². The zero-order valence-electron chi connectivity index (χ0n) is 42.3. The first-order valence-corrected chi connectivity index (χ1v) is 25.6. The van der Waals surface area contributed by atoms with Crippen LogP contribution in [0.25, 0.3) is 10.9 Å². The molecular formula is C53H66BrF3N10O7. The number of alkyl halides is 3. The maximum absolute atomic E-state index is 13.8. The fourth-order valence-electron chi connectivity index (χ4n) is 9.11. The lowest BCUT2D eigenvalue weighted by Gasteiger charge is -2.37. The molecule has 17 nitrogen and oxygen atoms in total. The number of piperidine rings is 2. The van der Waals surface area contributed by atoms with Crippen LogP contribution in [0.2, 0.25) is 0 Å². The van der Waals surface area contributed by atoms with Crippen molar-refractivity contribution < 1.29 is 41.7 Å². The molecule has 3 aromatic carbocycles. The number of ether oxygens (including phenoxy) is 4. The Morgan fingerprint density at radius 2 is 1.43 bits per heavy atom. The second kappa shape index (κ2) is 26.9. The Balaban J connectivity index is 0.745. The first-order valence-electron chi connectivity index (χ1n) is 24.8. The van der Waals surface area contributed by atoms with Gasteiger partial charge in [-0.3, -0.25) is 14.4 Å². The van der Waals surface area contributed by atoms with E-state index in [-0.39, 0.29) is 60.8 Å². The molecule has 5 aromatic rings. The van der Waals surface area contributed by atoms with Crippen molar-refractivity contribution in [2.75, 3.05) is 123 Å². The average Bonchev–Trinajstić information content (AvgIpc) is 3.73. The number of nitrogens with one attached hydrogen (secondary N) is 5. The third-order valence-corrected chi connectivity index (χ3v) is 13.7. The number of fused-ring (bicyclic) bond motifs is 1. The summed E-state index contributed by atoms with van der Waals surface area (Å²) in [7, 11) is 7.25. The van der Waals surface area contributed by atoms with Crippen molar-refractivity contribution in [3.63, 3.8) is 0 Å². The highest BCUT2D eigenvalue weighted by Gasteiger charge is 2.31. The minimum absolute atomic E-state index is 0.110. The van der Waals surface area contributed by atoms with E-state index in [0.717, 1.165) is 56.7 Å². The van der Waals surface area contributed by atoms with E-state index in [4.69, 9.17) is 18.9 Å². The highest BCUT2D eigenvalue weighted by atomic mass is 79.9. The molecular weight excluding hydrogens is 1030 g/mol. The fourth-order valence-corrected chi connectivity index (χ4v) is 9.59. The molecule has 2 amide bonds. The standard InChI is InChI=1S/C53H66BrF3N10O7/c1-64-21-16-40(17-22-64)62-44-8-5-9-47-43(44)31-42(67(47)35-53(55,56)57)7-6-18-58-45-15-14-38(30-48(45)71-4)51(69)60-20-24-73-26-28-74-27-25-72-23-19-59-50(68)37-12-10-36(11-13-37)39-29-41(34-65(2)33-39)63-46-32-61-66(3)52(70)49(46)54/h5,8-15,30-32,39-41,58,62-63H,16-29,33-35H2,1-4H3,(H,59,68)(H,60,69)/t39-,41+/m0/s1. The van der Waals surface area contributed by atoms with Crippen molar-refractivity contribution in [2.24, 2.45) is 7.05 Å². The molecule has 5 N–H and O–H groups in total. The van der Waals surface area contributed by atoms with E-state index < -0.39 is 12.7 Å². The van der Waals surface area contributed by atoms with E-state index in [1.807, 2.05) is 30.3 Å². The molecule has 7 rings (SSSR count). The lowest BCUT2D eigenvalue weighted by Crippen LogP contribution is -2.43. The Morgan fingerprint density at radius 1 is 0.784 bits per heavy atom. The summed E-state index contributed by atoms with van der Waals surface area (Å²) < 4.78 is 66.6. The van der Waals surface area contributed by atoms with Crippen LogP contribution in [0, 0.1) is 11.8 Å². The lowest BCUT2D eigenvalue weighted by atomic mass is 9.87. The Bertz CT molecular complexity index is 2790. The number of hydrogen-bond acceptors (Lipinski definition) is 13. The Hall–Kier alpha value is -6.15. The van der Waals surface area contributed by atoms with E-state index in [0.29, 0.717) is 83.2 Å². The molecule has 21 heteroatoms. The summed E-state index contributed by atoms with van der Waals surface area (Å²) in [6.45, 7) is 5.13. The topological polar surface area (TPSA) is 178 Å². The first kappa shape index (κ1) is 55.6. The van der Waals surface area contributed by atoms with Gasteiger partial charge in [-0.25, -0.2) is 4.68 Å². The molecule has 74 heavy (non-hydrogen) atoms. The van der Waals surface area contributed by atoms with Crippen LogP contribution in [0.5, 0.6) is 5.75 Å². The molecule has 4 heterocycles. The molecule has 0 bridgehead atoms. The molecule has 2 aliphatic rings. The van der Waals surface area contributed by atoms with Crippen LogP contribution < -0.4 is 36.9 Å². The van der Waals surface area contributed by atoms with Crippen LogP contribution in [0.4, 0.5) is 30.2 Å². The second-order valence-electron chi connectivity index (χ2n) is 18.5. The van der Waals surface area contributed by atoms with Gasteiger partial charge in [0.25, 0.3) is 17.4 Å². The maximum atomic E-state index is 13.8. The molecule has 0 radical (unpaired) electrons. The van der Waals surface area contributed by atoms with E-state index in [9.17, 15) is 27.6 Å². The van der Waals surface area contributed by atoms with Gasteiger partial charge < -0.3 is 59.9 Å². The number of nitrogens with zero attached hydrogens (tertiary/aromatic N) is 5. The number of halogens is 4. The molecule has 2 atom stereocenters. The summed E-state index contributed by atoms with van der Waals surface area (Å²) >= 11 is 3.40. The van der Waals surface area contributed by atoms with Crippen molar-refractivity contribution in [1.29, 1.82) is 0 Å². The molecule has 0 spiro atoms. The van der Waals surface area contributed by atoms with Crippen molar-refractivity contribution in [2.45, 2.75) is 50.0 Å². The molecule has 2 saturated heterocycles. The van der Waals surface area contributed by atoms with Gasteiger partial charge in [0.1, 0.15) is 16.8 Å². The zero-order valence-corrected chi connectivity index (χ0v) is 43.9. The number of benzene rings is 3. The van der Waals surface area contributed by atoms with Crippen LogP contribution in [0.1, 0.15) is 57.2 Å². The van der Waals surface area contributed by atoms with E-state index in [1.54, 1.807) is 49.6 Å². The predicted octanol–water partition coefficient (Wildman–Crippen LogP) is 6.15. The van der Waals surface area contributed by atoms with Gasteiger partial charge in [-0.15, -0.1) is 0 Å². The van der Waals surface area contributed by atoms with Crippen molar-refractivity contribution in [1.82, 2.24) is 34.8 Å². The molecule has 0 unspecified atom stereocenters. The van der Waals surface area contributed by atoms with E-state index in [1.165, 1.54) is 16.4 Å². The number of methoxy groups -OCH3 is 1. The predicted molar refractivity (Wildman–Crippen MR) is 284 cm³/mol. The number of likely N-dealkylation sites (N-methyl/N-ethyl adjacent to an activating group) is 1. The van der Waals surface area contributed by atoms with Gasteiger partial charge in [0.2, 0.25) is 0 Å². The van der Waals surface area contributed by atoms with E-state index >= 15 is 0 Å². The van der Waals surface area contributed by atoms with Gasteiger partial charge in [-0.2, -0.15) is 18.3 Å². The van der Waals surface area contributed by atoms with Gasteiger partial charge in [0.05, 0.1) is 82.1 Å². The van der Waals surface area contributed by atoms with Gasteiger partial charge in [0, 0.05) is 67.5 Å². The highest BCUT2D eigenvalue weighted by molar-refractivity contribution is 9.10. The van der Waals surface area contributed by atoms with Gasteiger partial charge in [-0.1, -0.05) is 24.1 Å². The minimum Gasteiger partial charge on any atom is -0.495 e. The van der Waals surface area contributed by atoms with Gasteiger partial charge in [0.15, 0.2) is 0 Å². The van der Waals surface area contributed by atoms with Crippen molar-refractivity contribution >= 4 is 55.7 Å².